The van der Waals surface area contributed by atoms with Gasteiger partial charge in [-0.05, 0) is 10.4 Å². The molecule has 0 radical (unpaired) electrons. The van der Waals surface area contributed by atoms with E-state index >= 15 is 0 Å². The zero-order valence-electron chi connectivity index (χ0n) is 9.43. The van der Waals surface area contributed by atoms with Crippen LogP contribution in [0.3, 0.4) is 0 Å². The summed E-state index contributed by atoms with van der Waals surface area (Å²) in [6.07, 6.45) is 11.5. The smallest absolute Gasteiger partial charge is 0.125 e. The van der Waals surface area contributed by atoms with Crippen molar-refractivity contribution in [2.45, 2.75) is 0 Å². The molecule has 2 aromatic carbocycles. The molecular formula is C16H12Si. The van der Waals surface area contributed by atoms with Crippen LogP contribution in [0.4, 0.5) is 0 Å². The molecule has 0 atom stereocenters. The molecule has 0 amide bonds. The molecule has 17 heavy (non-hydrogen) atoms. The Morgan fingerprint density at radius 3 is 1.29 bits per heavy atom. The molecule has 0 aliphatic carbocycles. The van der Waals surface area contributed by atoms with Crippen LogP contribution in [0.25, 0.3) is 0 Å². The van der Waals surface area contributed by atoms with Crippen LogP contribution in [0.15, 0.2) is 60.7 Å². The molecule has 2 rings (SSSR count). The Morgan fingerprint density at radius 2 is 1.00 bits per heavy atom. The standard InChI is InChI=1S/C16H12Si/c1-3-17(4-2,15-11-7-5-8-12-15)16-13-9-6-10-14-16/h1-2,5-14H. The quantitative estimate of drug-likeness (QED) is 0.545. The minimum atomic E-state index is -2.44. The van der Waals surface area contributed by atoms with Crippen LogP contribution in [0.2, 0.25) is 0 Å². The number of terminal acetylenes is 2. The van der Waals surface area contributed by atoms with E-state index in [2.05, 4.69) is 11.1 Å². The summed E-state index contributed by atoms with van der Waals surface area (Å²) in [5.74, 6) is 0. The van der Waals surface area contributed by atoms with Gasteiger partial charge in [-0.15, -0.1) is 23.9 Å². The maximum Gasteiger partial charge on any atom is 0.275 e. The maximum atomic E-state index is 5.75. The van der Waals surface area contributed by atoms with E-state index in [1.54, 1.807) is 0 Å². The Bertz CT molecular complexity index is 515. The second-order valence-corrected chi connectivity index (χ2v) is 7.00. The van der Waals surface area contributed by atoms with E-state index in [9.17, 15) is 0 Å². The predicted molar refractivity (Wildman–Crippen MR) is 75.6 cm³/mol. The first-order valence-electron chi connectivity index (χ1n) is 5.40. The summed E-state index contributed by atoms with van der Waals surface area (Å²) in [5, 5.41) is 2.19. The summed E-state index contributed by atoms with van der Waals surface area (Å²) in [6, 6.07) is 20.0. The summed E-state index contributed by atoms with van der Waals surface area (Å²) < 4.78 is 0. The Balaban J connectivity index is 2.65. The fourth-order valence-electron chi connectivity index (χ4n) is 1.92. The van der Waals surface area contributed by atoms with E-state index in [1.165, 1.54) is 0 Å². The fraction of sp³-hybridized carbons (Fsp3) is 0. The Morgan fingerprint density at radius 1 is 0.647 bits per heavy atom. The average Bonchev–Trinajstić information content (AvgIpc) is 2.43. The molecule has 0 fully saturated rings. The van der Waals surface area contributed by atoms with Crippen molar-refractivity contribution in [3.05, 3.63) is 60.7 Å². The molecule has 0 spiro atoms. The van der Waals surface area contributed by atoms with Crippen molar-refractivity contribution < 1.29 is 0 Å². The summed E-state index contributed by atoms with van der Waals surface area (Å²) in [5.41, 5.74) is 5.80. The summed E-state index contributed by atoms with van der Waals surface area (Å²) in [7, 11) is -2.44. The topological polar surface area (TPSA) is 0 Å². The van der Waals surface area contributed by atoms with Gasteiger partial charge in [-0.3, -0.25) is 0 Å². The highest BCUT2D eigenvalue weighted by molar-refractivity contribution is 7.13. The molecule has 0 bridgehead atoms. The van der Waals surface area contributed by atoms with Crippen molar-refractivity contribution in [2.75, 3.05) is 0 Å². The Hall–Kier alpha value is -2.22. The molecule has 0 heterocycles. The van der Waals surface area contributed by atoms with Crippen LogP contribution in [-0.2, 0) is 0 Å². The largest absolute Gasteiger partial charge is 0.275 e. The second-order valence-electron chi connectivity index (χ2n) is 3.77. The summed E-state index contributed by atoms with van der Waals surface area (Å²) in [4.78, 5) is 0. The molecule has 0 aromatic heterocycles. The maximum absolute atomic E-state index is 5.75. The van der Waals surface area contributed by atoms with E-state index in [-0.39, 0.29) is 0 Å². The first-order chi connectivity index (χ1) is 8.33. The van der Waals surface area contributed by atoms with Gasteiger partial charge in [0, 0.05) is 0 Å². The number of hydrogen-bond donors (Lipinski definition) is 0. The molecule has 0 nitrogen and oxygen atoms in total. The van der Waals surface area contributed by atoms with Gasteiger partial charge in [0.15, 0.2) is 0 Å². The molecule has 0 saturated heterocycles. The van der Waals surface area contributed by atoms with Crippen molar-refractivity contribution in [1.82, 2.24) is 0 Å². The van der Waals surface area contributed by atoms with Gasteiger partial charge in [0.1, 0.15) is 0 Å². The molecular weight excluding hydrogens is 220 g/mol. The van der Waals surface area contributed by atoms with E-state index in [0.29, 0.717) is 0 Å². The first-order valence-corrected chi connectivity index (χ1v) is 7.40. The monoisotopic (exact) mass is 232 g/mol. The zero-order chi connectivity index (χ0) is 12.1. The van der Waals surface area contributed by atoms with Crippen LogP contribution < -0.4 is 10.4 Å². The highest BCUT2D eigenvalue weighted by Crippen LogP contribution is 2.03. The lowest BCUT2D eigenvalue weighted by atomic mass is 10.4. The van der Waals surface area contributed by atoms with Crippen LogP contribution >= 0.6 is 0 Å². The molecule has 0 aliphatic rings. The zero-order valence-corrected chi connectivity index (χ0v) is 10.4. The fourth-order valence-corrected chi connectivity index (χ4v) is 4.39. The average molecular weight is 232 g/mol. The van der Waals surface area contributed by atoms with Gasteiger partial charge in [-0.2, -0.15) is 0 Å². The minimum absolute atomic E-state index is 1.09. The third kappa shape index (κ3) is 1.89. The van der Waals surface area contributed by atoms with E-state index in [4.69, 9.17) is 12.8 Å². The van der Waals surface area contributed by atoms with Gasteiger partial charge in [0.2, 0.25) is 0 Å². The van der Waals surface area contributed by atoms with E-state index in [0.717, 1.165) is 10.4 Å². The van der Waals surface area contributed by atoms with Gasteiger partial charge in [-0.25, -0.2) is 0 Å². The molecule has 0 N–H and O–H groups in total. The van der Waals surface area contributed by atoms with Crippen molar-refractivity contribution in [3.8, 4) is 23.9 Å². The van der Waals surface area contributed by atoms with Crippen molar-refractivity contribution >= 4 is 18.4 Å². The lowest BCUT2D eigenvalue weighted by molar-refractivity contribution is 1.72. The number of benzene rings is 2. The van der Waals surface area contributed by atoms with Gasteiger partial charge in [-0.1, -0.05) is 60.7 Å². The molecule has 80 valence electrons. The summed E-state index contributed by atoms with van der Waals surface area (Å²) >= 11 is 0. The molecule has 0 aliphatic heterocycles. The predicted octanol–water partition coefficient (Wildman–Crippen LogP) is 1.59. The first kappa shape index (κ1) is 11.3. The van der Waals surface area contributed by atoms with Crippen molar-refractivity contribution in [3.63, 3.8) is 0 Å². The lowest BCUT2D eigenvalue weighted by Gasteiger charge is -2.20. The number of rotatable bonds is 2. The van der Waals surface area contributed by atoms with Crippen LogP contribution in [-0.4, -0.2) is 8.07 Å². The minimum Gasteiger partial charge on any atom is -0.125 e. The molecule has 0 saturated carbocycles. The summed E-state index contributed by atoms with van der Waals surface area (Å²) in [6.45, 7) is 0. The highest BCUT2D eigenvalue weighted by Gasteiger charge is 2.33. The number of hydrogen-bond acceptors (Lipinski definition) is 0. The van der Waals surface area contributed by atoms with Crippen molar-refractivity contribution in [1.29, 1.82) is 0 Å². The van der Waals surface area contributed by atoms with Crippen LogP contribution in [0.1, 0.15) is 0 Å². The molecule has 2 aromatic rings. The molecule has 0 unspecified atom stereocenters. The third-order valence-corrected chi connectivity index (χ3v) is 6.11. The van der Waals surface area contributed by atoms with E-state index in [1.807, 2.05) is 60.7 Å². The van der Waals surface area contributed by atoms with Gasteiger partial charge in [0.25, 0.3) is 8.07 Å². The second kappa shape index (κ2) is 4.74. The van der Waals surface area contributed by atoms with Crippen LogP contribution in [0, 0.1) is 23.9 Å². The third-order valence-electron chi connectivity index (χ3n) is 2.85. The van der Waals surface area contributed by atoms with Crippen molar-refractivity contribution in [2.24, 2.45) is 0 Å². The Kier molecular flexibility index (Phi) is 3.14. The van der Waals surface area contributed by atoms with Gasteiger partial charge < -0.3 is 0 Å². The SMILES string of the molecule is C#C[Si](C#C)(c1ccccc1)c1ccccc1. The normalized spacial score (nSPS) is 10.2. The lowest BCUT2D eigenvalue weighted by Crippen LogP contribution is -2.56. The van der Waals surface area contributed by atoms with Gasteiger partial charge >= 0.3 is 0 Å². The van der Waals surface area contributed by atoms with E-state index < -0.39 is 8.07 Å². The molecule has 1 heteroatoms. The van der Waals surface area contributed by atoms with Crippen LogP contribution in [0.5, 0.6) is 0 Å². The van der Waals surface area contributed by atoms with Gasteiger partial charge in [0.05, 0.1) is 0 Å². The Labute approximate surface area is 103 Å². The highest BCUT2D eigenvalue weighted by atomic mass is 28.3.